The van der Waals surface area contributed by atoms with Gasteiger partial charge in [-0.1, -0.05) is 6.07 Å². The molecule has 4 heterocycles. The first kappa shape index (κ1) is 22.7. The first-order valence-electron chi connectivity index (χ1n) is 11.8. The summed E-state index contributed by atoms with van der Waals surface area (Å²) < 4.78 is 7.45. The number of nitrogens with zero attached hydrogens (tertiary/aromatic N) is 7. The third kappa shape index (κ3) is 4.64. The molecule has 3 aromatic heterocycles. The van der Waals surface area contributed by atoms with Gasteiger partial charge in [-0.3, -0.25) is 4.79 Å². The topological polar surface area (TPSA) is 111 Å². The highest BCUT2D eigenvalue weighted by atomic mass is 16.5. The Bertz CT molecular complexity index is 1360. The fourth-order valence-electron chi connectivity index (χ4n) is 4.24. The number of nitrogens with one attached hydrogen (secondary N) is 1. The molecular formula is C25H28N8O2. The van der Waals surface area contributed by atoms with E-state index in [1.165, 1.54) is 6.42 Å². The molecule has 4 aromatic rings. The van der Waals surface area contributed by atoms with Crippen molar-refractivity contribution in [3.63, 3.8) is 0 Å². The number of fused-ring (bicyclic) bond motifs is 1. The minimum absolute atomic E-state index is 0.187. The van der Waals surface area contributed by atoms with Crippen molar-refractivity contribution in [3.8, 4) is 17.4 Å². The van der Waals surface area contributed by atoms with Crippen LogP contribution in [-0.2, 0) is 0 Å². The smallest absolute Gasteiger partial charge is 0.257 e. The number of pyridine rings is 1. The number of hydrogen-bond donors (Lipinski definition) is 1. The minimum atomic E-state index is -0.279. The molecule has 10 nitrogen and oxygen atoms in total. The van der Waals surface area contributed by atoms with Gasteiger partial charge in [0.05, 0.1) is 18.1 Å². The second kappa shape index (κ2) is 9.65. The van der Waals surface area contributed by atoms with Gasteiger partial charge in [0.25, 0.3) is 11.8 Å². The molecule has 0 saturated carbocycles. The Morgan fingerprint density at radius 2 is 1.86 bits per heavy atom. The summed E-state index contributed by atoms with van der Waals surface area (Å²) in [5.41, 5.74) is 2.42. The lowest BCUT2D eigenvalue weighted by molar-refractivity contribution is 0.102. The summed E-state index contributed by atoms with van der Waals surface area (Å²) in [6, 6.07) is 10.9. The van der Waals surface area contributed by atoms with Crippen molar-refractivity contribution in [2.45, 2.75) is 39.2 Å². The van der Waals surface area contributed by atoms with Gasteiger partial charge in [-0.2, -0.15) is 0 Å². The van der Waals surface area contributed by atoms with Gasteiger partial charge in [0, 0.05) is 24.7 Å². The minimum Gasteiger partial charge on any atom is -0.478 e. The Morgan fingerprint density at radius 1 is 1.03 bits per heavy atom. The zero-order valence-electron chi connectivity index (χ0n) is 20.1. The Balaban J connectivity index is 1.41. The van der Waals surface area contributed by atoms with Crippen LogP contribution in [0.2, 0.25) is 0 Å². The number of anilines is 2. The van der Waals surface area contributed by atoms with Crippen molar-refractivity contribution in [1.82, 2.24) is 29.7 Å². The zero-order valence-corrected chi connectivity index (χ0v) is 20.1. The maximum Gasteiger partial charge on any atom is 0.257 e. The molecule has 1 saturated heterocycles. The highest BCUT2D eigenvalue weighted by Crippen LogP contribution is 2.29. The quantitative estimate of drug-likeness (QED) is 0.446. The molecule has 1 aromatic carbocycles. The third-order valence-corrected chi connectivity index (χ3v) is 6.08. The van der Waals surface area contributed by atoms with E-state index in [0.29, 0.717) is 39.8 Å². The first-order valence-corrected chi connectivity index (χ1v) is 11.8. The van der Waals surface area contributed by atoms with Gasteiger partial charge in [-0.05, 0) is 63.4 Å². The SMILES string of the molecule is COc1nc2ccc(C(=O)Nc3cccc(-c4nncn4C(C)C)n3)cc2nc1N1CCCCC1. The average molecular weight is 473 g/mol. The second-order valence-corrected chi connectivity index (χ2v) is 8.83. The van der Waals surface area contributed by atoms with Gasteiger partial charge in [-0.25, -0.2) is 15.0 Å². The van der Waals surface area contributed by atoms with Crippen molar-refractivity contribution in [3.05, 3.63) is 48.3 Å². The van der Waals surface area contributed by atoms with Gasteiger partial charge >= 0.3 is 0 Å². The molecule has 0 unspecified atom stereocenters. The van der Waals surface area contributed by atoms with E-state index in [9.17, 15) is 4.79 Å². The van der Waals surface area contributed by atoms with E-state index in [2.05, 4.69) is 30.4 Å². The molecule has 10 heteroatoms. The number of benzene rings is 1. The van der Waals surface area contributed by atoms with Crippen molar-refractivity contribution >= 4 is 28.6 Å². The number of amides is 1. The number of rotatable bonds is 6. The lowest BCUT2D eigenvalue weighted by Crippen LogP contribution is -2.30. The van der Waals surface area contributed by atoms with E-state index in [1.54, 1.807) is 37.7 Å². The number of carbonyl (C=O) groups excluding carboxylic acids is 1. The van der Waals surface area contributed by atoms with Crippen LogP contribution < -0.4 is 15.0 Å². The van der Waals surface area contributed by atoms with Crippen LogP contribution in [0.3, 0.4) is 0 Å². The summed E-state index contributed by atoms with van der Waals surface area (Å²) in [7, 11) is 1.61. The summed E-state index contributed by atoms with van der Waals surface area (Å²) >= 11 is 0. The number of methoxy groups -OCH3 is 1. The van der Waals surface area contributed by atoms with E-state index in [-0.39, 0.29) is 11.9 Å². The number of carbonyl (C=O) groups is 1. The van der Waals surface area contributed by atoms with Crippen LogP contribution in [0.4, 0.5) is 11.6 Å². The van der Waals surface area contributed by atoms with E-state index in [0.717, 1.165) is 31.7 Å². The van der Waals surface area contributed by atoms with Crippen molar-refractivity contribution in [2.75, 3.05) is 30.4 Å². The third-order valence-electron chi connectivity index (χ3n) is 6.08. The van der Waals surface area contributed by atoms with Crippen LogP contribution in [0.5, 0.6) is 5.88 Å². The molecule has 0 bridgehead atoms. The van der Waals surface area contributed by atoms with Crippen LogP contribution >= 0.6 is 0 Å². The molecule has 35 heavy (non-hydrogen) atoms. The van der Waals surface area contributed by atoms with Crippen LogP contribution in [0.25, 0.3) is 22.6 Å². The fourth-order valence-corrected chi connectivity index (χ4v) is 4.24. The number of hydrogen-bond acceptors (Lipinski definition) is 8. The Labute approximate surface area is 203 Å². The van der Waals surface area contributed by atoms with Gasteiger partial charge < -0.3 is 19.5 Å². The average Bonchev–Trinajstić information content (AvgIpc) is 3.39. The maximum absolute atomic E-state index is 13.1. The highest BCUT2D eigenvalue weighted by Gasteiger charge is 2.20. The molecular weight excluding hydrogens is 444 g/mol. The Hall–Kier alpha value is -4.08. The van der Waals surface area contributed by atoms with Crippen LogP contribution in [0, 0.1) is 0 Å². The number of aromatic nitrogens is 6. The number of piperidine rings is 1. The number of ether oxygens (including phenoxy) is 1. The van der Waals surface area contributed by atoms with E-state index >= 15 is 0 Å². The van der Waals surface area contributed by atoms with Gasteiger partial charge in [0.1, 0.15) is 17.8 Å². The van der Waals surface area contributed by atoms with Crippen LogP contribution in [0.15, 0.2) is 42.7 Å². The molecule has 0 spiro atoms. The Morgan fingerprint density at radius 3 is 2.63 bits per heavy atom. The molecule has 1 aliphatic heterocycles. The summed E-state index contributed by atoms with van der Waals surface area (Å²) in [6.07, 6.45) is 5.13. The van der Waals surface area contributed by atoms with Gasteiger partial charge in [-0.15, -0.1) is 10.2 Å². The molecule has 1 fully saturated rings. The van der Waals surface area contributed by atoms with Crippen molar-refractivity contribution < 1.29 is 9.53 Å². The standard InChI is InChI=1S/C25H28N8O2/c1-16(2)33-15-26-31-22(33)19-8-7-9-21(27-19)30-24(34)17-10-11-18-20(14-17)28-23(25(29-18)35-3)32-12-5-4-6-13-32/h7-11,14-16H,4-6,12-13H2,1-3H3,(H,27,30,34). The maximum atomic E-state index is 13.1. The van der Waals surface area contributed by atoms with E-state index in [4.69, 9.17) is 9.72 Å². The molecule has 0 aliphatic carbocycles. The normalized spacial score (nSPS) is 13.9. The van der Waals surface area contributed by atoms with Crippen LogP contribution in [0.1, 0.15) is 49.5 Å². The summed E-state index contributed by atoms with van der Waals surface area (Å²) in [6.45, 7) is 5.94. The molecule has 5 rings (SSSR count). The molecule has 1 amide bonds. The largest absolute Gasteiger partial charge is 0.478 e. The lowest BCUT2D eigenvalue weighted by Gasteiger charge is -2.28. The summed E-state index contributed by atoms with van der Waals surface area (Å²) in [5, 5.41) is 11.1. The zero-order chi connectivity index (χ0) is 24.4. The van der Waals surface area contributed by atoms with Gasteiger partial charge in [0.15, 0.2) is 11.6 Å². The lowest BCUT2D eigenvalue weighted by atomic mass is 10.1. The molecule has 180 valence electrons. The van der Waals surface area contributed by atoms with E-state index < -0.39 is 0 Å². The molecule has 1 aliphatic rings. The second-order valence-electron chi connectivity index (χ2n) is 8.83. The predicted octanol–water partition coefficient (Wildman–Crippen LogP) is 4.12. The highest BCUT2D eigenvalue weighted by molar-refractivity contribution is 6.05. The van der Waals surface area contributed by atoms with Crippen LogP contribution in [-0.4, -0.2) is 55.8 Å². The molecule has 0 atom stereocenters. The van der Waals surface area contributed by atoms with Gasteiger partial charge in [0.2, 0.25) is 0 Å². The summed E-state index contributed by atoms with van der Waals surface area (Å²) in [4.78, 5) is 29.3. The fraction of sp³-hybridized carbons (Fsp3) is 0.360. The first-order chi connectivity index (χ1) is 17.0. The van der Waals surface area contributed by atoms with Crippen molar-refractivity contribution in [1.29, 1.82) is 0 Å². The van der Waals surface area contributed by atoms with Crippen molar-refractivity contribution in [2.24, 2.45) is 0 Å². The monoisotopic (exact) mass is 472 g/mol. The predicted molar refractivity (Wildman–Crippen MR) is 134 cm³/mol. The summed E-state index contributed by atoms with van der Waals surface area (Å²) in [5.74, 6) is 2.03. The molecule has 1 N–H and O–H groups in total. The molecule has 0 radical (unpaired) electrons. The Kier molecular flexibility index (Phi) is 6.26. The van der Waals surface area contributed by atoms with E-state index in [1.807, 2.05) is 30.5 Å².